The smallest absolute Gasteiger partial charge is 0.179 e. The molecule has 10 rings (SSSR count). The molecule has 0 atom stereocenters. The minimum Gasteiger partial charge on any atom is -0.456 e. The third-order valence-corrected chi connectivity index (χ3v) is 15.6. The standard InChI is InChI=1S/C48H34N2OSi/c1-4-14-37(15-5-1)52(38-16-6-2-7-17-38,39-18-8-3-9-19-39)40-20-12-13-35(32-40)43-29-30-49-48(50-43)36-25-27-41-34(31-36)24-23-33-26-28-45-47(46(33)41)42-21-10-11-22-44(42)51-45/h1-22,25-32H,23-24H2. The maximum Gasteiger partial charge on any atom is 0.179 e. The van der Waals surface area contributed by atoms with Crippen LogP contribution in [0.1, 0.15) is 11.1 Å². The summed E-state index contributed by atoms with van der Waals surface area (Å²) in [5.74, 6) is 0.737. The number of nitrogens with zero attached hydrogens (tertiary/aromatic N) is 2. The monoisotopic (exact) mass is 682 g/mol. The Labute approximate surface area is 303 Å². The Bertz CT molecular complexity index is 2640. The molecule has 0 aliphatic heterocycles. The number of furan rings is 1. The lowest BCUT2D eigenvalue weighted by Crippen LogP contribution is -2.74. The van der Waals surface area contributed by atoms with Crippen molar-refractivity contribution in [2.75, 3.05) is 0 Å². The topological polar surface area (TPSA) is 38.9 Å². The molecular weight excluding hydrogens is 649 g/mol. The second kappa shape index (κ2) is 12.4. The van der Waals surface area contributed by atoms with E-state index in [2.05, 4.69) is 164 Å². The van der Waals surface area contributed by atoms with Crippen molar-refractivity contribution in [3.8, 4) is 33.8 Å². The van der Waals surface area contributed by atoms with Crippen LogP contribution in [0.4, 0.5) is 0 Å². The van der Waals surface area contributed by atoms with Crippen molar-refractivity contribution in [2.45, 2.75) is 12.8 Å². The predicted molar refractivity (Wildman–Crippen MR) is 217 cm³/mol. The number of aromatic nitrogens is 2. The van der Waals surface area contributed by atoms with Gasteiger partial charge in [-0.05, 0) is 80.1 Å². The van der Waals surface area contributed by atoms with E-state index in [9.17, 15) is 0 Å². The van der Waals surface area contributed by atoms with Gasteiger partial charge in [0.2, 0.25) is 0 Å². The second-order valence-electron chi connectivity index (χ2n) is 13.6. The third-order valence-electron chi connectivity index (χ3n) is 10.8. The van der Waals surface area contributed by atoms with Crippen LogP contribution in [0, 0.1) is 0 Å². The van der Waals surface area contributed by atoms with Crippen molar-refractivity contribution in [1.29, 1.82) is 0 Å². The van der Waals surface area contributed by atoms with Crippen molar-refractivity contribution in [3.05, 3.63) is 193 Å². The molecule has 1 aliphatic carbocycles. The zero-order chi connectivity index (χ0) is 34.5. The minimum absolute atomic E-state index is 0.737. The molecule has 0 saturated carbocycles. The lowest BCUT2D eigenvalue weighted by molar-refractivity contribution is 0.668. The van der Waals surface area contributed by atoms with E-state index in [1.165, 1.54) is 53.8 Å². The molecule has 0 bridgehead atoms. The molecule has 1 aliphatic rings. The van der Waals surface area contributed by atoms with Crippen LogP contribution in [0.25, 0.3) is 55.7 Å². The maximum absolute atomic E-state index is 6.27. The van der Waals surface area contributed by atoms with Crippen LogP contribution >= 0.6 is 0 Å². The molecule has 0 unspecified atom stereocenters. The molecule has 2 heterocycles. The molecule has 2 aromatic heterocycles. The largest absolute Gasteiger partial charge is 0.456 e. The number of hydrogen-bond acceptors (Lipinski definition) is 3. The van der Waals surface area contributed by atoms with Gasteiger partial charge in [0.25, 0.3) is 0 Å². The fourth-order valence-corrected chi connectivity index (χ4v) is 13.3. The third kappa shape index (κ3) is 4.87. The zero-order valence-corrected chi connectivity index (χ0v) is 29.5. The summed E-state index contributed by atoms with van der Waals surface area (Å²) >= 11 is 0. The first-order valence-corrected chi connectivity index (χ1v) is 19.9. The van der Waals surface area contributed by atoms with Gasteiger partial charge in [0.05, 0.1) is 5.69 Å². The second-order valence-corrected chi connectivity index (χ2v) is 17.4. The molecule has 246 valence electrons. The van der Waals surface area contributed by atoms with Crippen LogP contribution in [0.5, 0.6) is 0 Å². The van der Waals surface area contributed by atoms with E-state index in [1.54, 1.807) is 0 Å². The van der Waals surface area contributed by atoms with Gasteiger partial charge in [0.15, 0.2) is 13.9 Å². The molecule has 52 heavy (non-hydrogen) atoms. The molecule has 4 heteroatoms. The molecule has 0 saturated heterocycles. The predicted octanol–water partition coefficient (Wildman–Crippen LogP) is 8.85. The zero-order valence-electron chi connectivity index (χ0n) is 28.5. The Morgan fingerprint density at radius 3 is 1.87 bits per heavy atom. The van der Waals surface area contributed by atoms with Gasteiger partial charge in [-0.15, -0.1) is 0 Å². The van der Waals surface area contributed by atoms with Gasteiger partial charge in [0.1, 0.15) is 11.2 Å². The van der Waals surface area contributed by atoms with E-state index in [0.717, 1.165) is 46.7 Å². The average molecular weight is 683 g/mol. The normalized spacial score (nSPS) is 12.5. The first-order chi connectivity index (χ1) is 25.8. The van der Waals surface area contributed by atoms with Crippen LogP contribution in [-0.2, 0) is 12.8 Å². The Morgan fingerprint density at radius 1 is 0.481 bits per heavy atom. The first-order valence-electron chi connectivity index (χ1n) is 17.9. The summed E-state index contributed by atoms with van der Waals surface area (Å²) < 4.78 is 6.27. The first kappa shape index (κ1) is 30.5. The summed E-state index contributed by atoms with van der Waals surface area (Å²) in [4.78, 5) is 10.0. The molecule has 0 N–H and O–H groups in total. The number of benzene rings is 7. The quantitative estimate of drug-likeness (QED) is 0.130. The van der Waals surface area contributed by atoms with Crippen molar-refractivity contribution in [3.63, 3.8) is 0 Å². The summed E-state index contributed by atoms with van der Waals surface area (Å²) in [5.41, 5.74) is 10.2. The van der Waals surface area contributed by atoms with E-state index in [0.29, 0.717) is 0 Å². The van der Waals surface area contributed by atoms with Crippen LogP contribution in [0.3, 0.4) is 0 Å². The van der Waals surface area contributed by atoms with E-state index >= 15 is 0 Å². The summed E-state index contributed by atoms with van der Waals surface area (Å²) in [6.07, 6.45) is 3.87. The van der Waals surface area contributed by atoms with Crippen molar-refractivity contribution in [2.24, 2.45) is 0 Å². The molecule has 3 nitrogen and oxygen atoms in total. The Balaban J connectivity index is 1.08. The molecule has 0 amide bonds. The number of fused-ring (bicyclic) bond motifs is 7. The van der Waals surface area contributed by atoms with Crippen LogP contribution in [0.2, 0.25) is 0 Å². The highest BCUT2D eigenvalue weighted by atomic mass is 28.3. The van der Waals surface area contributed by atoms with E-state index < -0.39 is 8.07 Å². The Kier molecular flexibility index (Phi) is 7.29. The van der Waals surface area contributed by atoms with Gasteiger partial charge in [-0.1, -0.05) is 152 Å². The molecule has 0 fully saturated rings. The van der Waals surface area contributed by atoms with Gasteiger partial charge >= 0.3 is 0 Å². The van der Waals surface area contributed by atoms with Crippen molar-refractivity contribution >= 4 is 50.8 Å². The number of hydrogen-bond donors (Lipinski definition) is 0. The van der Waals surface area contributed by atoms with Gasteiger partial charge in [-0.2, -0.15) is 0 Å². The van der Waals surface area contributed by atoms with Crippen LogP contribution in [0.15, 0.2) is 187 Å². The van der Waals surface area contributed by atoms with Crippen LogP contribution in [-0.4, -0.2) is 18.0 Å². The van der Waals surface area contributed by atoms with E-state index in [-0.39, 0.29) is 0 Å². The highest BCUT2D eigenvalue weighted by Gasteiger charge is 2.41. The highest BCUT2D eigenvalue weighted by Crippen LogP contribution is 2.43. The fraction of sp³-hybridized carbons (Fsp3) is 0.0417. The molecule has 0 radical (unpaired) electrons. The van der Waals surface area contributed by atoms with E-state index in [4.69, 9.17) is 14.4 Å². The minimum atomic E-state index is -2.67. The number of rotatable bonds is 6. The molecular formula is C48H34N2OSi. The van der Waals surface area contributed by atoms with Gasteiger partial charge in [0, 0.05) is 28.1 Å². The Hall–Kier alpha value is -6.36. The van der Waals surface area contributed by atoms with Crippen molar-refractivity contribution < 1.29 is 4.42 Å². The lowest BCUT2D eigenvalue weighted by Gasteiger charge is -2.34. The van der Waals surface area contributed by atoms with Gasteiger partial charge < -0.3 is 4.42 Å². The van der Waals surface area contributed by atoms with Crippen molar-refractivity contribution in [1.82, 2.24) is 9.97 Å². The maximum atomic E-state index is 6.27. The summed E-state index contributed by atoms with van der Waals surface area (Å²) in [6.45, 7) is 0. The highest BCUT2D eigenvalue weighted by molar-refractivity contribution is 7.19. The lowest BCUT2D eigenvalue weighted by atomic mass is 9.82. The fourth-order valence-electron chi connectivity index (χ4n) is 8.46. The molecule has 0 spiro atoms. The average Bonchev–Trinajstić information content (AvgIpc) is 3.61. The van der Waals surface area contributed by atoms with Gasteiger partial charge in [-0.3, -0.25) is 0 Å². The van der Waals surface area contributed by atoms with E-state index in [1.807, 2.05) is 18.3 Å². The summed E-state index contributed by atoms with van der Waals surface area (Å²) in [7, 11) is -2.67. The van der Waals surface area contributed by atoms with Gasteiger partial charge in [-0.25, -0.2) is 9.97 Å². The summed E-state index contributed by atoms with van der Waals surface area (Å²) in [6, 6.07) is 63.7. The Morgan fingerprint density at radius 2 is 1.13 bits per heavy atom. The van der Waals surface area contributed by atoms with Crippen LogP contribution < -0.4 is 20.7 Å². The molecule has 9 aromatic rings. The summed E-state index contributed by atoms with van der Waals surface area (Å²) in [5, 5.41) is 7.75. The molecule has 7 aromatic carbocycles. The number of aryl methyl sites for hydroxylation is 2. The SMILES string of the molecule is c1ccc([Si](c2ccccc2)(c2ccccc2)c2cccc(-c3ccnc(-c4ccc5c(c4)CCc4ccc6oc7ccccc7c6c4-5)n3)c2)cc1. The number of para-hydroxylation sites is 1.